The molecule has 2 atom stereocenters. The molecule has 0 aromatic rings. The van der Waals surface area contributed by atoms with Crippen LogP contribution in [0.3, 0.4) is 0 Å². The SMILES string of the molecule is CC(C)(O)O.CC1(C)OCC(C2CCCO2)O1. The first-order valence-electron chi connectivity index (χ1n) is 6.05. The third-order valence-corrected chi connectivity index (χ3v) is 2.41. The molecular formula is C12H24O5. The Morgan fingerprint density at radius 3 is 2.12 bits per heavy atom. The lowest BCUT2D eigenvalue weighted by Crippen LogP contribution is -2.30. The van der Waals surface area contributed by atoms with Gasteiger partial charge < -0.3 is 24.4 Å². The van der Waals surface area contributed by atoms with E-state index in [-0.39, 0.29) is 12.2 Å². The summed E-state index contributed by atoms with van der Waals surface area (Å²) in [5, 5.41) is 16.2. The average Bonchev–Trinajstić information content (AvgIpc) is 2.69. The first-order valence-corrected chi connectivity index (χ1v) is 6.05. The first-order chi connectivity index (χ1) is 7.67. The van der Waals surface area contributed by atoms with Crippen LogP contribution in [0.25, 0.3) is 0 Å². The van der Waals surface area contributed by atoms with E-state index in [1.54, 1.807) is 0 Å². The third kappa shape index (κ3) is 6.33. The van der Waals surface area contributed by atoms with Crippen molar-refractivity contribution in [1.82, 2.24) is 0 Å². The smallest absolute Gasteiger partial charge is 0.163 e. The summed E-state index contributed by atoms with van der Waals surface area (Å²) in [7, 11) is 0. The molecule has 0 radical (unpaired) electrons. The molecule has 2 aliphatic heterocycles. The second kappa shape index (κ2) is 5.63. The summed E-state index contributed by atoms with van der Waals surface area (Å²) in [6.45, 7) is 8.05. The van der Waals surface area contributed by atoms with Gasteiger partial charge in [0.25, 0.3) is 0 Å². The topological polar surface area (TPSA) is 68.2 Å². The van der Waals surface area contributed by atoms with E-state index >= 15 is 0 Å². The monoisotopic (exact) mass is 248 g/mol. The van der Waals surface area contributed by atoms with Gasteiger partial charge in [-0.15, -0.1) is 0 Å². The second-order valence-electron chi connectivity index (χ2n) is 5.41. The number of hydrogen-bond donors (Lipinski definition) is 2. The Kier molecular flexibility index (Phi) is 4.92. The molecule has 102 valence electrons. The molecular weight excluding hydrogens is 224 g/mol. The van der Waals surface area contributed by atoms with Crippen molar-refractivity contribution in [1.29, 1.82) is 0 Å². The van der Waals surface area contributed by atoms with Crippen LogP contribution in [0.1, 0.15) is 40.5 Å². The van der Waals surface area contributed by atoms with Gasteiger partial charge in [0.2, 0.25) is 0 Å². The minimum atomic E-state index is -1.50. The lowest BCUT2D eigenvalue weighted by atomic mass is 10.1. The van der Waals surface area contributed by atoms with Crippen LogP contribution in [0, 0.1) is 0 Å². The van der Waals surface area contributed by atoms with Crippen LogP contribution in [0.4, 0.5) is 0 Å². The van der Waals surface area contributed by atoms with E-state index in [1.807, 2.05) is 13.8 Å². The van der Waals surface area contributed by atoms with E-state index in [0.29, 0.717) is 6.61 Å². The highest BCUT2D eigenvalue weighted by atomic mass is 16.7. The second-order valence-corrected chi connectivity index (χ2v) is 5.41. The Morgan fingerprint density at radius 1 is 1.18 bits per heavy atom. The van der Waals surface area contributed by atoms with Gasteiger partial charge in [-0.05, 0) is 40.5 Å². The van der Waals surface area contributed by atoms with Gasteiger partial charge in [0.1, 0.15) is 6.10 Å². The Labute approximate surface area is 103 Å². The molecule has 17 heavy (non-hydrogen) atoms. The maximum absolute atomic E-state index is 8.08. The normalized spacial score (nSPS) is 32.1. The molecule has 0 saturated carbocycles. The summed E-state index contributed by atoms with van der Waals surface area (Å²) in [5.74, 6) is -1.91. The van der Waals surface area contributed by atoms with Crippen molar-refractivity contribution in [3.63, 3.8) is 0 Å². The predicted molar refractivity (Wildman–Crippen MR) is 62.4 cm³/mol. The van der Waals surface area contributed by atoms with Gasteiger partial charge in [-0.25, -0.2) is 0 Å². The van der Waals surface area contributed by atoms with Gasteiger partial charge in [0.05, 0.1) is 12.7 Å². The van der Waals surface area contributed by atoms with E-state index in [2.05, 4.69) is 0 Å². The molecule has 0 aliphatic carbocycles. The van der Waals surface area contributed by atoms with Crippen LogP contribution < -0.4 is 0 Å². The van der Waals surface area contributed by atoms with E-state index in [0.717, 1.165) is 19.4 Å². The van der Waals surface area contributed by atoms with Gasteiger partial charge in [-0.1, -0.05) is 0 Å². The highest BCUT2D eigenvalue weighted by molar-refractivity contribution is 4.81. The lowest BCUT2D eigenvalue weighted by Gasteiger charge is -2.20. The molecule has 2 fully saturated rings. The van der Waals surface area contributed by atoms with Crippen LogP contribution in [0.15, 0.2) is 0 Å². The molecule has 2 rings (SSSR count). The highest BCUT2D eigenvalue weighted by Crippen LogP contribution is 2.28. The molecule has 0 amide bonds. The van der Waals surface area contributed by atoms with Gasteiger partial charge in [-0.3, -0.25) is 0 Å². The number of aliphatic hydroxyl groups is 2. The lowest BCUT2D eigenvalue weighted by molar-refractivity contribution is -0.151. The zero-order valence-electron chi connectivity index (χ0n) is 11.1. The molecule has 2 saturated heterocycles. The number of rotatable bonds is 1. The molecule has 2 aliphatic rings. The molecule has 0 aromatic heterocycles. The molecule has 0 bridgehead atoms. The van der Waals surface area contributed by atoms with Gasteiger partial charge >= 0.3 is 0 Å². The average molecular weight is 248 g/mol. The van der Waals surface area contributed by atoms with Crippen molar-refractivity contribution in [2.75, 3.05) is 13.2 Å². The first kappa shape index (κ1) is 14.9. The van der Waals surface area contributed by atoms with Crippen molar-refractivity contribution < 1.29 is 24.4 Å². The molecule has 0 spiro atoms. The summed E-state index contributed by atoms with van der Waals surface area (Å²) in [6, 6.07) is 0. The van der Waals surface area contributed by atoms with Crippen molar-refractivity contribution in [3.8, 4) is 0 Å². The predicted octanol–water partition coefficient (Wildman–Crippen LogP) is 1.02. The van der Waals surface area contributed by atoms with Crippen molar-refractivity contribution in [3.05, 3.63) is 0 Å². The molecule has 2 N–H and O–H groups in total. The highest BCUT2D eigenvalue weighted by Gasteiger charge is 2.38. The van der Waals surface area contributed by atoms with Crippen LogP contribution in [-0.2, 0) is 14.2 Å². The molecule has 0 aromatic carbocycles. The molecule has 5 nitrogen and oxygen atoms in total. The van der Waals surface area contributed by atoms with Crippen molar-refractivity contribution in [2.24, 2.45) is 0 Å². The van der Waals surface area contributed by atoms with Crippen LogP contribution in [-0.4, -0.2) is 47.2 Å². The third-order valence-electron chi connectivity index (χ3n) is 2.41. The standard InChI is InChI=1S/C9H16O3.C3H8O2/c1-9(2)11-6-8(12-9)7-4-3-5-10-7;1-3(2,4)5/h7-8H,3-6H2,1-2H3;4-5H,1-2H3. The fourth-order valence-electron chi connectivity index (χ4n) is 1.79. The quantitative estimate of drug-likeness (QED) is 0.678. The zero-order valence-corrected chi connectivity index (χ0v) is 11.1. The summed E-state index contributed by atoms with van der Waals surface area (Å²) in [4.78, 5) is 0. The minimum absolute atomic E-state index is 0.155. The maximum Gasteiger partial charge on any atom is 0.163 e. The Bertz CT molecular complexity index is 222. The van der Waals surface area contributed by atoms with Gasteiger partial charge in [0.15, 0.2) is 11.6 Å². The fourth-order valence-corrected chi connectivity index (χ4v) is 1.79. The summed E-state index contributed by atoms with van der Waals surface area (Å²) < 4.78 is 16.7. The summed E-state index contributed by atoms with van der Waals surface area (Å²) >= 11 is 0. The molecule has 2 unspecified atom stereocenters. The van der Waals surface area contributed by atoms with Gasteiger partial charge in [-0.2, -0.15) is 0 Å². The number of hydrogen-bond acceptors (Lipinski definition) is 5. The number of ether oxygens (including phenoxy) is 3. The zero-order chi connectivity index (χ0) is 13.1. The maximum atomic E-state index is 8.08. The van der Waals surface area contributed by atoms with E-state index in [9.17, 15) is 0 Å². The Balaban J connectivity index is 0.000000249. The van der Waals surface area contributed by atoms with E-state index < -0.39 is 11.6 Å². The molecule has 2 heterocycles. The summed E-state index contributed by atoms with van der Waals surface area (Å²) in [5.41, 5.74) is 0. The van der Waals surface area contributed by atoms with E-state index in [1.165, 1.54) is 13.8 Å². The van der Waals surface area contributed by atoms with Crippen molar-refractivity contribution in [2.45, 2.75) is 64.3 Å². The molecule has 5 heteroatoms. The largest absolute Gasteiger partial charge is 0.375 e. The summed E-state index contributed by atoms with van der Waals surface area (Å²) in [6.07, 6.45) is 2.70. The Hall–Kier alpha value is -0.200. The van der Waals surface area contributed by atoms with Crippen molar-refractivity contribution >= 4 is 0 Å². The van der Waals surface area contributed by atoms with E-state index in [4.69, 9.17) is 24.4 Å². The fraction of sp³-hybridized carbons (Fsp3) is 1.00. The van der Waals surface area contributed by atoms with Crippen LogP contribution in [0.2, 0.25) is 0 Å². The Morgan fingerprint density at radius 2 is 1.76 bits per heavy atom. The minimum Gasteiger partial charge on any atom is -0.375 e. The van der Waals surface area contributed by atoms with Crippen LogP contribution >= 0.6 is 0 Å². The van der Waals surface area contributed by atoms with Gasteiger partial charge in [0, 0.05) is 6.61 Å². The van der Waals surface area contributed by atoms with Crippen LogP contribution in [0.5, 0.6) is 0 Å².